The van der Waals surface area contributed by atoms with Crippen LogP contribution < -0.4 is 4.74 Å². The SMILES string of the molecule is COc1ccc(COCCCCCC(=O)N(C)[C@@H](C)[C@@H](O)c2ccccc2)cc1. The quantitative estimate of drug-likeness (QED) is 0.539. The molecular weight excluding hydrogens is 366 g/mol. The molecule has 0 aliphatic heterocycles. The van der Waals surface area contributed by atoms with Gasteiger partial charge in [0.25, 0.3) is 0 Å². The van der Waals surface area contributed by atoms with Gasteiger partial charge in [-0.3, -0.25) is 4.79 Å². The van der Waals surface area contributed by atoms with Gasteiger partial charge in [0.05, 0.1) is 25.9 Å². The van der Waals surface area contributed by atoms with Crippen molar-refractivity contribution in [2.24, 2.45) is 0 Å². The van der Waals surface area contributed by atoms with Crippen LogP contribution >= 0.6 is 0 Å². The van der Waals surface area contributed by atoms with Crippen LogP contribution in [0.2, 0.25) is 0 Å². The number of unbranched alkanes of at least 4 members (excludes halogenated alkanes) is 2. The van der Waals surface area contributed by atoms with Gasteiger partial charge in [-0.05, 0) is 43.0 Å². The predicted molar refractivity (Wildman–Crippen MR) is 115 cm³/mol. The molecular formula is C24H33NO4. The summed E-state index contributed by atoms with van der Waals surface area (Å²) >= 11 is 0. The van der Waals surface area contributed by atoms with Crippen molar-refractivity contribution in [3.63, 3.8) is 0 Å². The summed E-state index contributed by atoms with van der Waals surface area (Å²) in [4.78, 5) is 14.1. The zero-order valence-corrected chi connectivity index (χ0v) is 17.7. The van der Waals surface area contributed by atoms with Gasteiger partial charge >= 0.3 is 0 Å². The van der Waals surface area contributed by atoms with Crippen LogP contribution in [0.1, 0.15) is 49.8 Å². The number of carbonyl (C=O) groups excluding carboxylic acids is 1. The molecule has 0 fully saturated rings. The fourth-order valence-corrected chi connectivity index (χ4v) is 3.11. The molecule has 2 rings (SSSR count). The van der Waals surface area contributed by atoms with E-state index in [2.05, 4.69) is 0 Å². The van der Waals surface area contributed by atoms with Crippen molar-refractivity contribution >= 4 is 5.91 Å². The Hall–Kier alpha value is -2.37. The summed E-state index contributed by atoms with van der Waals surface area (Å²) in [6.07, 6.45) is 2.49. The molecule has 5 heteroatoms. The van der Waals surface area contributed by atoms with E-state index in [0.29, 0.717) is 19.6 Å². The number of nitrogens with zero attached hydrogens (tertiary/aromatic N) is 1. The molecule has 0 saturated carbocycles. The first-order valence-corrected chi connectivity index (χ1v) is 10.2. The maximum absolute atomic E-state index is 12.4. The maximum Gasteiger partial charge on any atom is 0.222 e. The molecule has 0 aliphatic rings. The Labute approximate surface area is 174 Å². The number of methoxy groups -OCH3 is 1. The summed E-state index contributed by atoms with van der Waals surface area (Å²) in [5.74, 6) is 0.903. The lowest BCUT2D eigenvalue weighted by Gasteiger charge is -2.29. The van der Waals surface area contributed by atoms with Crippen molar-refractivity contribution in [1.82, 2.24) is 4.90 Å². The van der Waals surface area contributed by atoms with Gasteiger partial charge in [-0.25, -0.2) is 0 Å². The van der Waals surface area contributed by atoms with Gasteiger partial charge in [-0.2, -0.15) is 0 Å². The Balaban J connectivity index is 1.59. The Kier molecular flexibility index (Phi) is 9.68. The molecule has 0 bridgehead atoms. The lowest BCUT2D eigenvalue weighted by Crippen LogP contribution is -2.38. The normalized spacial score (nSPS) is 13.0. The summed E-state index contributed by atoms with van der Waals surface area (Å²) in [5.41, 5.74) is 1.95. The van der Waals surface area contributed by atoms with Gasteiger partial charge in [0.2, 0.25) is 5.91 Å². The summed E-state index contributed by atoms with van der Waals surface area (Å²) in [5, 5.41) is 10.5. The third-order valence-corrected chi connectivity index (χ3v) is 5.21. The Morgan fingerprint density at radius 2 is 1.72 bits per heavy atom. The van der Waals surface area contributed by atoms with Crippen molar-refractivity contribution in [1.29, 1.82) is 0 Å². The summed E-state index contributed by atoms with van der Waals surface area (Å²) in [6, 6.07) is 17.0. The van der Waals surface area contributed by atoms with E-state index in [4.69, 9.17) is 9.47 Å². The molecule has 29 heavy (non-hydrogen) atoms. The van der Waals surface area contributed by atoms with E-state index in [-0.39, 0.29) is 11.9 Å². The van der Waals surface area contributed by atoms with E-state index in [0.717, 1.165) is 36.1 Å². The summed E-state index contributed by atoms with van der Waals surface area (Å²) < 4.78 is 10.8. The second kappa shape index (κ2) is 12.2. The van der Waals surface area contributed by atoms with Crippen LogP contribution in [0.15, 0.2) is 54.6 Å². The molecule has 0 spiro atoms. The third-order valence-electron chi connectivity index (χ3n) is 5.21. The van der Waals surface area contributed by atoms with Crippen LogP contribution in [0.25, 0.3) is 0 Å². The van der Waals surface area contributed by atoms with Gasteiger partial charge in [-0.15, -0.1) is 0 Å². The Bertz CT molecular complexity index is 717. The van der Waals surface area contributed by atoms with Crippen molar-refractivity contribution in [3.8, 4) is 5.75 Å². The van der Waals surface area contributed by atoms with E-state index in [9.17, 15) is 9.90 Å². The van der Waals surface area contributed by atoms with Gasteiger partial charge < -0.3 is 19.5 Å². The second-order valence-corrected chi connectivity index (χ2v) is 7.31. The van der Waals surface area contributed by atoms with Crippen molar-refractivity contribution in [2.75, 3.05) is 20.8 Å². The zero-order chi connectivity index (χ0) is 21.1. The number of carbonyl (C=O) groups is 1. The zero-order valence-electron chi connectivity index (χ0n) is 17.7. The fourth-order valence-electron chi connectivity index (χ4n) is 3.11. The minimum atomic E-state index is -0.684. The van der Waals surface area contributed by atoms with E-state index < -0.39 is 6.10 Å². The second-order valence-electron chi connectivity index (χ2n) is 7.31. The molecule has 2 aromatic carbocycles. The predicted octanol–water partition coefficient (Wildman–Crippen LogP) is 4.35. The number of likely N-dealkylation sites (N-methyl/N-ethyl adjacent to an activating group) is 1. The molecule has 0 heterocycles. The largest absolute Gasteiger partial charge is 0.497 e. The average molecular weight is 400 g/mol. The first kappa shape index (κ1) is 22.9. The molecule has 0 saturated heterocycles. The van der Waals surface area contributed by atoms with Crippen molar-refractivity contribution in [3.05, 3.63) is 65.7 Å². The maximum atomic E-state index is 12.4. The first-order valence-electron chi connectivity index (χ1n) is 10.2. The standard InChI is InChI=1S/C24H33NO4/c1-19(24(27)21-10-6-4-7-11-21)25(2)23(26)12-8-5-9-17-29-18-20-13-15-22(28-3)16-14-20/h4,6-7,10-11,13-16,19,24,27H,5,8-9,12,17-18H2,1-3H3/t19-,24+/m0/s1. The lowest BCUT2D eigenvalue weighted by molar-refractivity contribution is -0.134. The average Bonchev–Trinajstić information content (AvgIpc) is 2.77. The highest BCUT2D eigenvalue weighted by atomic mass is 16.5. The molecule has 1 N–H and O–H groups in total. The van der Waals surface area contributed by atoms with Crippen molar-refractivity contribution < 1.29 is 19.4 Å². The Morgan fingerprint density at radius 3 is 2.38 bits per heavy atom. The number of hydrogen-bond donors (Lipinski definition) is 1. The number of hydrogen-bond acceptors (Lipinski definition) is 4. The molecule has 2 atom stereocenters. The van der Waals surface area contributed by atoms with Crippen molar-refractivity contribution in [2.45, 2.75) is 51.4 Å². The lowest BCUT2D eigenvalue weighted by atomic mass is 10.0. The van der Waals surface area contributed by atoms with Crippen LogP contribution in [0.5, 0.6) is 5.75 Å². The molecule has 0 radical (unpaired) electrons. The molecule has 2 aromatic rings. The number of amides is 1. The molecule has 0 aromatic heterocycles. The number of rotatable bonds is 12. The molecule has 1 amide bonds. The van der Waals surface area contributed by atoms with E-state index >= 15 is 0 Å². The van der Waals surface area contributed by atoms with E-state index in [1.165, 1.54) is 0 Å². The third kappa shape index (κ3) is 7.52. The number of aliphatic hydroxyl groups is 1. The summed E-state index contributed by atoms with van der Waals surface area (Å²) in [7, 11) is 3.41. The highest BCUT2D eigenvalue weighted by Gasteiger charge is 2.23. The van der Waals surface area contributed by atoms with Gasteiger partial charge in [-0.1, -0.05) is 48.9 Å². The molecule has 0 aliphatic carbocycles. The van der Waals surface area contributed by atoms with Gasteiger partial charge in [0, 0.05) is 20.1 Å². The highest BCUT2D eigenvalue weighted by Crippen LogP contribution is 2.20. The number of benzene rings is 2. The van der Waals surface area contributed by atoms with Crippen LogP contribution in [0.3, 0.4) is 0 Å². The minimum Gasteiger partial charge on any atom is -0.497 e. The van der Waals surface area contributed by atoms with E-state index in [1.807, 2.05) is 61.5 Å². The van der Waals surface area contributed by atoms with Gasteiger partial charge in [0.1, 0.15) is 5.75 Å². The van der Waals surface area contributed by atoms with Gasteiger partial charge in [0.15, 0.2) is 0 Å². The first-order chi connectivity index (χ1) is 14.0. The minimum absolute atomic E-state index is 0.0617. The fraction of sp³-hybridized carbons (Fsp3) is 0.458. The molecule has 0 unspecified atom stereocenters. The smallest absolute Gasteiger partial charge is 0.222 e. The number of aliphatic hydroxyl groups excluding tert-OH is 1. The van der Waals surface area contributed by atoms with Crippen LogP contribution in [0.4, 0.5) is 0 Å². The van der Waals surface area contributed by atoms with E-state index in [1.54, 1.807) is 19.1 Å². The topological polar surface area (TPSA) is 59.0 Å². The van der Waals surface area contributed by atoms with Crippen LogP contribution in [0, 0.1) is 0 Å². The Morgan fingerprint density at radius 1 is 1.03 bits per heavy atom. The van der Waals surface area contributed by atoms with Crippen LogP contribution in [-0.4, -0.2) is 42.7 Å². The summed E-state index contributed by atoms with van der Waals surface area (Å²) in [6.45, 7) is 3.14. The van der Waals surface area contributed by atoms with Crippen LogP contribution in [-0.2, 0) is 16.1 Å². The number of ether oxygens (including phenoxy) is 2. The molecule has 5 nitrogen and oxygen atoms in total. The monoisotopic (exact) mass is 399 g/mol. The highest BCUT2D eigenvalue weighted by molar-refractivity contribution is 5.76. The molecule has 158 valence electrons.